The van der Waals surface area contributed by atoms with Crippen molar-refractivity contribution < 1.29 is 14.4 Å². The normalized spacial score (nSPS) is 10.1. The van der Waals surface area contributed by atoms with Crippen LogP contribution in [0.15, 0.2) is 18.2 Å². The van der Waals surface area contributed by atoms with E-state index < -0.39 is 17.7 Å². The van der Waals surface area contributed by atoms with Gasteiger partial charge in [0.25, 0.3) is 17.7 Å². The molecule has 0 unspecified atom stereocenters. The number of carbonyl (C=O) groups excluding carboxylic acids is 3. The molecular weight excluding hydrogens is 312 g/mol. The Morgan fingerprint density at radius 1 is 0.625 bits per heavy atom. The monoisotopic (exact) mass is 336 g/mol. The second-order valence-electron chi connectivity index (χ2n) is 4.93. The summed E-state index contributed by atoms with van der Waals surface area (Å²) in [4.78, 5) is 36.3. The molecule has 9 N–H and O–H groups in total. The lowest BCUT2D eigenvalue weighted by molar-refractivity contribution is 0.0954. The first-order valence-corrected chi connectivity index (χ1v) is 7.63. The molecule has 9 heteroatoms. The molecule has 0 saturated carbocycles. The van der Waals surface area contributed by atoms with Crippen molar-refractivity contribution >= 4 is 17.7 Å². The first kappa shape index (κ1) is 19.6. The maximum Gasteiger partial charge on any atom is 0.251 e. The molecule has 0 bridgehead atoms. The molecule has 0 aliphatic carbocycles. The van der Waals surface area contributed by atoms with Gasteiger partial charge in [0.2, 0.25) is 0 Å². The summed E-state index contributed by atoms with van der Waals surface area (Å²) in [6, 6.07) is 4.24. The Morgan fingerprint density at radius 3 is 1.08 bits per heavy atom. The fourth-order valence-corrected chi connectivity index (χ4v) is 1.88. The summed E-state index contributed by atoms with van der Waals surface area (Å²) in [5.41, 5.74) is 16.7. The number of rotatable bonds is 9. The molecule has 0 aromatic heterocycles. The molecule has 3 amide bonds. The number of hydrogen-bond donors (Lipinski definition) is 6. The first-order chi connectivity index (χ1) is 11.5. The van der Waals surface area contributed by atoms with Gasteiger partial charge in [0.15, 0.2) is 0 Å². The Bertz CT molecular complexity index is 497. The van der Waals surface area contributed by atoms with Gasteiger partial charge < -0.3 is 33.2 Å². The molecular formula is C15H24N6O3. The Morgan fingerprint density at radius 2 is 0.875 bits per heavy atom. The molecule has 1 rings (SSSR count). The van der Waals surface area contributed by atoms with Crippen LogP contribution in [0.5, 0.6) is 0 Å². The van der Waals surface area contributed by atoms with Gasteiger partial charge in [0.1, 0.15) is 0 Å². The molecule has 0 aliphatic heterocycles. The molecule has 1 aromatic carbocycles. The van der Waals surface area contributed by atoms with E-state index in [4.69, 9.17) is 17.2 Å². The third-order valence-corrected chi connectivity index (χ3v) is 3.01. The van der Waals surface area contributed by atoms with E-state index in [1.54, 1.807) is 0 Å². The van der Waals surface area contributed by atoms with E-state index >= 15 is 0 Å². The molecule has 0 spiro atoms. The molecule has 24 heavy (non-hydrogen) atoms. The van der Waals surface area contributed by atoms with Crippen LogP contribution in [0.3, 0.4) is 0 Å². The van der Waals surface area contributed by atoms with Crippen LogP contribution in [0.2, 0.25) is 0 Å². The lowest BCUT2D eigenvalue weighted by atomic mass is 10.0. The SMILES string of the molecule is NCCNC(=O)c1cc(C(=O)NCCN)cc(C(=O)NCCN)c1. The van der Waals surface area contributed by atoms with Gasteiger partial charge in [-0.25, -0.2) is 0 Å². The van der Waals surface area contributed by atoms with Crippen molar-refractivity contribution in [3.05, 3.63) is 34.9 Å². The van der Waals surface area contributed by atoms with Crippen LogP contribution < -0.4 is 33.2 Å². The Labute approximate surface area is 140 Å². The zero-order chi connectivity index (χ0) is 17.9. The number of amides is 3. The molecule has 132 valence electrons. The number of nitrogens with two attached hydrogens (primary N) is 3. The second-order valence-corrected chi connectivity index (χ2v) is 4.93. The summed E-state index contributed by atoms with van der Waals surface area (Å²) in [5.74, 6) is -1.25. The van der Waals surface area contributed by atoms with Gasteiger partial charge in [-0.15, -0.1) is 0 Å². The minimum absolute atomic E-state index is 0.196. The zero-order valence-corrected chi connectivity index (χ0v) is 13.4. The van der Waals surface area contributed by atoms with Crippen LogP contribution in [0.1, 0.15) is 31.1 Å². The quantitative estimate of drug-likeness (QED) is 0.298. The van der Waals surface area contributed by atoms with Gasteiger partial charge in [0.05, 0.1) is 0 Å². The van der Waals surface area contributed by atoms with Gasteiger partial charge in [0, 0.05) is 56.0 Å². The molecule has 0 heterocycles. The third-order valence-electron chi connectivity index (χ3n) is 3.01. The van der Waals surface area contributed by atoms with Crippen molar-refractivity contribution in [1.29, 1.82) is 0 Å². The minimum Gasteiger partial charge on any atom is -0.351 e. The highest BCUT2D eigenvalue weighted by molar-refractivity contribution is 6.04. The highest BCUT2D eigenvalue weighted by atomic mass is 16.2. The molecule has 0 fully saturated rings. The molecule has 1 aromatic rings. The van der Waals surface area contributed by atoms with Crippen molar-refractivity contribution in [3.63, 3.8) is 0 Å². The number of hydrogen-bond acceptors (Lipinski definition) is 6. The van der Waals surface area contributed by atoms with Crippen LogP contribution in [-0.2, 0) is 0 Å². The summed E-state index contributed by atoms with van der Waals surface area (Å²) < 4.78 is 0. The lowest BCUT2D eigenvalue weighted by Gasteiger charge is -2.11. The zero-order valence-electron chi connectivity index (χ0n) is 13.4. The predicted molar refractivity (Wildman–Crippen MR) is 90.6 cm³/mol. The smallest absolute Gasteiger partial charge is 0.251 e. The van der Waals surface area contributed by atoms with Crippen molar-refractivity contribution in [2.75, 3.05) is 39.3 Å². The van der Waals surface area contributed by atoms with Gasteiger partial charge in [-0.05, 0) is 18.2 Å². The van der Waals surface area contributed by atoms with E-state index in [2.05, 4.69) is 16.0 Å². The van der Waals surface area contributed by atoms with E-state index in [0.717, 1.165) is 0 Å². The fourth-order valence-electron chi connectivity index (χ4n) is 1.88. The van der Waals surface area contributed by atoms with Crippen molar-refractivity contribution in [3.8, 4) is 0 Å². The summed E-state index contributed by atoms with van der Waals surface area (Å²) in [7, 11) is 0. The van der Waals surface area contributed by atoms with E-state index in [1.807, 2.05) is 0 Å². The average Bonchev–Trinajstić information content (AvgIpc) is 2.61. The van der Waals surface area contributed by atoms with E-state index in [1.165, 1.54) is 18.2 Å². The summed E-state index contributed by atoms with van der Waals surface area (Å²) in [6.45, 7) is 1.72. The predicted octanol–water partition coefficient (Wildman–Crippen LogP) is -2.25. The highest BCUT2D eigenvalue weighted by Gasteiger charge is 2.16. The van der Waals surface area contributed by atoms with Gasteiger partial charge >= 0.3 is 0 Å². The van der Waals surface area contributed by atoms with Gasteiger partial charge in [-0.2, -0.15) is 0 Å². The minimum atomic E-state index is -0.415. The summed E-state index contributed by atoms with van der Waals surface area (Å²) >= 11 is 0. The Hall–Kier alpha value is -2.49. The largest absolute Gasteiger partial charge is 0.351 e. The van der Waals surface area contributed by atoms with Crippen LogP contribution >= 0.6 is 0 Å². The van der Waals surface area contributed by atoms with Gasteiger partial charge in [-0.3, -0.25) is 14.4 Å². The summed E-state index contributed by atoms with van der Waals surface area (Å²) in [5, 5.41) is 7.80. The molecule has 0 radical (unpaired) electrons. The van der Waals surface area contributed by atoms with Crippen LogP contribution in [0, 0.1) is 0 Å². The lowest BCUT2D eigenvalue weighted by Crippen LogP contribution is -2.32. The number of carbonyl (C=O) groups is 3. The van der Waals surface area contributed by atoms with Crippen molar-refractivity contribution in [1.82, 2.24) is 16.0 Å². The van der Waals surface area contributed by atoms with E-state index in [0.29, 0.717) is 0 Å². The molecule has 0 atom stereocenters. The fraction of sp³-hybridized carbons (Fsp3) is 0.400. The summed E-state index contributed by atoms with van der Waals surface area (Å²) in [6.07, 6.45) is 0. The maximum atomic E-state index is 12.1. The van der Waals surface area contributed by atoms with Crippen molar-refractivity contribution in [2.24, 2.45) is 17.2 Å². The van der Waals surface area contributed by atoms with E-state index in [9.17, 15) is 14.4 Å². The second kappa shape index (κ2) is 10.3. The number of nitrogens with one attached hydrogen (secondary N) is 3. The topological polar surface area (TPSA) is 165 Å². The van der Waals surface area contributed by atoms with Crippen LogP contribution in [0.4, 0.5) is 0 Å². The van der Waals surface area contributed by atoms with Crippen LogP contribution in [0.25, 0.3) is 0 Å². The first-order valence-electron chi connectivity index (χ1n) is 7.63. The highest BCUT2D eigenvalue weighted by Crippen LogP contribution is 2.11. The average molecular weight is 336 g/mol. The van der Waals surface area contributed by atoms with Crippen molar-refractivity contribution in [2.45, 2.75) is 0 Å². The van der Waals surface area contributed by atoms with Crippen LogP contribution in [-0.4, -0.2) is 57.0 Å². The van der Waals surface area contributed by atoms with E-state index in [-0.39, 0.29) is 56.0 Å². The maximum absolute atomic E-state index is 12.1. The standard InChI is InChI=1S/C15H24N6O3/c16-1-4-19-13(22)10-7-11(14(23)20-5-2-17)9-12(8-10)15(24)21-6-3-18/h7-9H,1-6,16-18H2,(H,19,22)(H,20,23)(H,21,24). The molecule has 0 aliphatic rings. The molecule has 9 nitrogen and oxygen atoms in total. The van der Waals surface area contributed by atoms with Gasteiger partial charge in [-0.1, -0.05) is 0 Å². The number of benzene rings is 1. The Kier molecular flexibility index (Phi) is 8.41. The Balaban J connectivity index is 3.11. The third kappa shape index (κ3) is 5.95. The molecule has 0 saturated heterocycles.